The lowest BCUT2D eigenvalue weighted by atomic mass is 9.78. The van der Waals surface area contributed by atoms with Gasteiger partial charge in [0.2, 0.25) is 11.8 Å². The van der Waals surface area contributed by atoms with Gasteiger partial charge in [0.05, 0.1) is 0 Å². The summed E-state index contributed by atoms with van der Waals surface area (Å²) in [6.07, 6.45) is 7.40. The van der Waals surface area contributed by atoms with Crippen LogP contribution in [0.5, 0.6) is 0 Å². The van der Waals surface area contributed by atoms with E-state index in [1.807, 2.05) is 6.92 Å². The van der Waals surface area contributed by atoms with E-state index in [-0.39, 0.29) is 0 Å². The molecule has 1 unspecified atom stereocenters. The van der Waals surface area contributed by atoms with Crippen molar-refractivity contribution in [3.05, 3.63) is 0 Å². The smallest absolute Gasteiger partial charge is 0.277 e. The number of hydrogen-bond donors (Lipinski definition) is 1. The van der Waals surface area contributed by atoms with Crippen molar-refractivity contribution >= 4 is 17.8 Å². The highest BCUT2D eigenvalue weighted by Crippen LogP contribution is 2.33. The first-order chi connectivity index (χ1) is 8.98. The number of amides is 4. The summed E-state index contributed by atoms with van der Waals surface area (Å²) in [5, 5.41) is 2.26. The first-order valence-corrected chi connectivity index (χ1v) is 6.63. The molecule has 104 valence electrons. The Bertz CT molecular complexity index is 432. The van der Waals surface area contributed by atoms with Gasteiger partial charge in [-0.3, -0.25) is 14.9 Å². The first kappa shape index (κ1) is 15.2. The third kappa shape index (κ3) is 2.35. The van der Waals surface area contributed by atoms with Crippen molar-refractivity contribution < 1.29 is 14.4 Å². The van der Waals surface area contributed by atoms with Gasteiger partial charge in [0, 0.05) is 0 Å². The molecule has 0 spiro atoms. The predicted molar refractivity (Wildman–Crippen MR) is 70.9 cm³/mol. The molecular formula is C14H20N2O3. The quantitative estimate of drug-likeness (QED) is 0.607. The summed E-state index contributed by atoms with van der Waals surface area (Å²) < 4.78 is 0. The van der Waals surface area contributed by atoms with Crippen LogP contribution in [0.3, 0.4) is 0 Å². The molecule has 0 saturated carbocycles. The Morgan fingerprint density at radius 2 is 1.84 bits per heavy atom. The Kier molecular flexibility index (Phi) is 4.71. The third-order valence-corrected chi connectivity index (χ3v) is 3.78. The van der Waals surface area contributed by atoms with E-state index in [9.17, 15) is 14.4 Å². The fourth-order valence-corrected chi connectivity index (χ4v) is 2.41. The van der Waals surface area contributed by atoms with Crippen molar-refractivity contribution in [2.45, 2.75) is 52.5 Å². The average Bonchev–Trinajstić information content (AvgIpc) is 2.39. The zero-order valence-corrected chi connectivity index (χ0v) is 11.7. The Balaban J connectivity index is 3.19. The maximum Gasteiger partial charge on any atom is 0.331 e. The van der Waals surface area contributed by atoms with Gasteiger partial charge >= 0.3 is 6.03 Å². The van der Waals surface area contributed by atoms with E-state index in [0.29, 0.717) is 19.3 Å². The van der Waals surface area contributed by atoms with E-state index in [4.69, 9.17) is 6.42 Å². The van der Waals surface area contributed by atoms with Crippen LogP contribution in [0.25, 0.3) is 0 Å². The maximum absolute atomic E-state index is 12.6. The van der Waals surface area contributed by atoms with Crippen LogP contribution in [0.2, 0.25) is 0 Å². The summed E-state index contributed by atoms with van der Waals surface area (Å²) in [5.74, 6) is 1.48. The topological polar surface area (TPSA) is 66.5 Å². The number of carbonyl (C=O) groups excluding carboxylic acids is 3. The first-order valence-electron chi connectivity index (χ1n) is 6.63. The fourth-order valence-electron chi connectivity index (χ4n) is 2.41. The second kappa shape index (κ2) is 5.87. The van der Waals surface area contributed by atoms with Crippen molar-refractivity contribution in [1.29, 1.82) is 0 Å². The molecule has 0 radical (unpaired) electrons. The highest BCUT2D eigenvalue weighted by Gasteiger charge is 2.52. The molecule has 1 aliphatic rings. The number of carbonyl (C=O) groups is 3. The average molecular weight is 264 g/mol. The summed E-state index contributed by atoms with van der Waals surface area (Å²) in [4.78, 5) is 37.5. The van der Waals surface area contributed by atoms with Gasteiger partial charge in [0.25, 0.3) is 0 Å². The largest absolute Gasteiger partial charge is 0.331 e. The molecule has 1 aliphatic heterocycles. The van der Waals surface area contributed by atoms with Gasteiger partial charge in [-0.15, -0.1) is 6.42 Å². The van der Waals surface area contributed by atoms with Gasteiger partial charge in [-0.1, -0.05) is 33.1 Å². The molecule has 1 fully saturated rings. The molecule has 1 rings (SSSR count). The lowest BCUT2D eigenvalue weighted by molar-refractivity contribution is -0.153. The predicted octanol–water partition coefficient (Wildman–Crippen LogP) is 1.67. The second-order valence-electron chi connectivity index (χ2n) is 4.69. The molecule has 0 aliphatic carbocycles. The van der Waals surface area contributed by atoms with E-state index in [0.717, 1.165) is 11.3 Å². The maximum atomic E-state index is 12.6. The van der Waals surface area contributed by atoms with E-state index in [2.05, 4.69) is 11.2 Å². The van der Waals surface area contributed by atoms with Crippen LogP contribution in [-0.4, -0.2) is 28.8 Å². The summed E-state index contributed by atoms with van der Waals surface area (Å²) in [7, 11) is 0. The standard InChI is InChI=1S/C14H20N2O3/c1-5-9-10(6-2)16-12(18)14(7-3,8-4)11(17)15-13(16)19/h2,10H,5,7-9H2,1,3-4H3,(H,15,17,19). The Labute approximate surface area is 113 Å². The van der Waals surface area contributed by atoms with Crippen LogP contribution in [0.1, 0.15) is 46.5 Å². The number of imide groups is 2. The van der Waals surface area contributed by atoms with E-state index in [1.165, 1.54) is 0 Å². The minimum atomic E-state index is -1.17. The lowest BCUT2D eigenvalue weighted by Crippen LogP contribution is -2.65. The zero-order valence-electron chi connectivity index (χ0n) is 11.7. The normalized spacial score (nSPS) is 19.9. The van der Waals surface area contributed by atoms with Crippen LogP contribution in [0.15, 0.2) is 0 Å². The molecule has 0 aromatic heterocycles. The second-order valence-corrected chi connectivity index (χ2v) is 4.69. The minimum absolute atomic E-state index is 0.349. The highest BCUT2D eigenvalue weighted by molar-refractivity contribution is 6.19. The SMILES string of the molecule is C#CC(CCC)N1C(=O)NC(=O)C(CC)(CC)C1=O. The van der Waals surface area contributed by atoms with Crippen molar-refractivity contribution in [3.8, 4) is 12.3 Å². The lowest BCUT2D eigenvalue weighted by Gasteiger charge is -2.40. The molecule has 4 amide bonds. The van der Waals surface area contributed by atoms with Crippen LogP contribution in [-0.2, 0) is 9.59 Å². The molecule has 1 N–H and O–H groups in total. The Morgan fingerprint density at radius 1 is 1.26 bits per heavy atom. The molecule has 5 heteroatoms. The number of rotatable bonds is 5. The molecule has 5 nitrogen and oxygen atoms in total. The van der Waals surface area contributed by atoms with E-state index in [1.54, 1.807) is 13.8 Å². The van der Waals surface area contributed by atoms with Gasteiger partial charge in [-0.05, 0) is 19.3 Å². The van der Waals surface area contributed by atoms with Gasteiger partial charge in [0.1, 0.15) is 11.5 Å². The minimum Gasteiger partial charge on any atom is -0.277 e. The fraction of sp³-hybridized carbons (Fsp3) is 0.643. The number of hydrogen-bond acceptors (Lipinski definition) is 3. The van der Waals surface area contributed by atoms with E-state index >= 15 is 0 Å². The summed E-state index contributed by atoms with van der Waals surface area (Å²) in [6.45, 7) is 5.45. The van der Waals surface area contributed by atoms with Crippen molar-refractivity contribution in [3.63, 3.8) is 0 Å². The molecular weight excluding hydrogens is 244 g/mol. The monoisotopic (exact) mass is 264 g/mol. The van der Waals surface area contributed by atoms with Gasteiger partial charge in [-0.25, -0.2) is 9.69 Å². The van der Waals surface area contributed by atoms with Crippen molar-refractivity contribution in [2.75, 3.05) is 0 Å². The van der Waals surface area contributed by atoms with Crippen molar-refractivity contribution in [1.82, 2.24) is 10.2 Å². The highest BCUT2D eigenvalue weighted by atomic mass is 16.2. The number of urea groups is 1. The summed E-state index contributed by atoms with van der Waals surface area (Å²) in [6, 6.07) is -1.30. The summed E-state index contributed by atoms with van der Waals surface area (Å²) >= 11 is 0. The van der Waals surface area contributed by atoms with E-state index < -0.39 is 29.3 Å². The number of terminal acetylenes is 1. The zero-order chi connectivity index (χ0) is 14.6. The van der Waals surface area contributed by atoms with Crippen molar-refractivity contribution in [2.24, 2.45) is 5.41 Å². The van der Waals surface area contributed by atoms with Gasteiger partial charge in [0.15, 0.2) is 0 Å². The molecule has 0 aromatic carbocycles. The van der Waals surface area contributed by atoms with Crippen LogP contribution in [0.4, 0.5) is 4.79 Å². The third-order valence-electron chi connectivity index (χ3n) is 3.78. The number of nitrogens with one attached hydrogen (secondary N) is 1. The van der Waals surface area contributed by atoms with Gasteiger partial charge < -0.3 is 0 Å². The molecule has 1 atom stereocenters. The molecule has 0 bridgehead atoms. The summed E-state index contributed by atoms with van der Waals surface area (Å²) in [5.41, 5.74) is -1.17. The van der Waals surface area contributed by atoms with Crippen LogP contribution < -0.4 is 5.32 Å². The number of barbiturate groups is 1. The van der Waals surface area contributed by atoms with Crippen LogP contribution >= 0.6 is 0 Å². The molecule has 19 heavy (non-hydrogen) atoms. The van der Waals surface area contributed by atoms with Crippen LogP contribution in [0, 0.1) is 17.8 Å². The Hall–Kier alpha value is -1.83. The molecule has 1 saturated heterocycles. The number of nitrogens with zero attached hydrogens (tertiary/aromatic N) is 1. The van der Waals surface area contributed by atoms with Gasteiger partial charge in [-0.2, -0.15) is 0 Å². The molecule has 0 aromatic rings. The Morgan fingerprint density at radius 3 is 2.26 bits per heavy atom. The molecule has 1 heterocycles.